The van der Waals surface area contributed by atoms with Gasteiger partial charge in [-0.05, 0) is 42.8 Å². The third-order valence-corrected chi connectivity index (χ3v) is 5.75. The lowest BCUT2D eigenvalue weighted by Gasteiger charge is -2.14. The Hall–Kier alpha value is -3.58. The molecule has 1 amide bonds. The number of nitrogens with zero attached hydrogens (tertiary/aromatic N) is 2. The van der Waals surface area contributed by atoms with Crippen molar-refractivity contribution in [2.24, 2.45) is 0 Å². The van der Waals surface area contributed by atoms with Gasteiger partial charge in [-0.25, -0.2) is 4.98 Å². The summed E-state index contributed by atoms with van der Waals surface area (Å²) in [6.45, 7) is 1.94. The van der Waals surface area contributed by atoms with E-state index in [2.05, 4.69) is 10.3 Å². The van der Waals surface area contributed by atoms with Gasteiger partial charge in [-0.15, -0.1) is 0 Å². The van der Waals surface area contributed by atoms with Crippen molar-refractivity contribution < 1.29 is 9.53 Å². The Morgan fingerprint density at radius 3 is 2.65 bits per heavy atom. The maximum absolute atomic E-state index is 13.3. The summed E-state index contributed by atoms with van der Waals surface area (Å²) in [6.07, 6.45) is 0. The Morgan fingerprint density at radius 2 is 1.84 bits per heavy atom. The molecule has 0 bridgehead atoms. The number of rotatable bonds is 6. The SMILES string of the molecule is COc1cccc(-n2c(SCC(=O)Nc3ccccc3C)nc3ccccc3c2=O)c1. The number of amides is 1. The van der Waals surface area contributed by atoms with Gasteiger partial charge in [0.25, 0.3) is 5.56 Å². The molecule has 1 aromatic heterocycles. The molecule has 0 fully saturated rings. The van der Waals surface area contributed by atoms with Crippen molar-refractivity contribution in [3.05, 3.63) is 88.7 Å². The quantitative estimate of drug-likeness (QED) is 0.361. The highest BCUT2D eigenvalue weighted by Gasteiger charge is 2.15. The number of aromatic nitrogens is 2. The lowest BCUT2D eigenvalue weighted by molar-refractivity contribution is -0.113. The largest absolute Gasteiger partial charge is 0.497 e. The van der Waals surface area contributed by atoms with E-state index in [0.29, 0.717) is 27.5 Å². The summed E-state index contributed by atoms with van der Waals surface area (Å²) in [5.74, 6) is 0.577. The summed E-state index contributed by atoms with van der Waals surface area (Å²) >= 11 is 1.22. The molecule has 0 unspecified atom stereocenters. The molecular formula is C24H21N3O3S. The van der Waals surface area contributed by atoms with E-state index in [1.54, 1.807) is 25.3 Å². The fraction of sp³-hybridized carbons (Fsp3) is 0.125. The average Bonchev–Trinajstić information content (AvgIpc) is 2.79. The summed E-state index contributed by atoms with van der Waals surface area (Å²) < 4.78 is 6.84. The average molecular weight is 432 g/mol. The van der Waals surface area contributed by atoms with Crippen LogP contribution in [-0.4, -0.2) is 28.3 Å². The van der Waals surface area contributed by atoms with Crippen LogP contribution < -0.4 is 15.6 Å². The molecule has 0 saturated carbocycles. The van der Waals surface area contributed by atoms with Gasteiger partial charge < -0.3 is 10.1 Å². The number of para-hydroxylation sites is 2. The number of aryl methyl sites for hydroxylation is 1. The molecule has 6 nitrogen and oxygen atoms in total. The monoisotopic (exact) mass is 431 g/mol. The second kappa shape index (κ2) is 9.06. The molecule has 31 heavy (non-hydrogen) atoms. The molecule has 1 heterocycles. The number of nitrogens with one attached hydrogen (secondary N) is 1. The number of ether oxygens (including phenoxy) is 1. The molecule has 4 aromatic rings. The molecule has 0 aliphatic heterocycles. The minimum absolute atomic E-state index is 0.114. The number of hydrogen-bond acceptors (Lipinski definition) is 5. The van der Waals surface area contributed by atoms with Crippen LogP contribution in [0.2, 0.25) is 0 Å². The van der Waals surface area contributed by atoms with Gasteiger partial charge in [0.2, 0.25) is 5.91 Å². The zero-order chi connectivity index (χ0) is 21.8. The van der Waals surface area contributed by atoms with Crippen LogP contribution >= 0.6 is 11.8 Å². The third kappa shape index (κ3) is 4.46. The minimum atomic E-state index is -0.194. The van der Waals surface area contributed by atoms with Gasteiger partial charge in [-0.3, -0.25) is 14.2 Å². The normalized spacial score (nSPS) is 10.8. The van der Waals surface area contributed by atoms with Crippen molar-refractivity contribution in [2.75, 3.05) is 18.2 Å². The van der Waals surface area contributed by atoms with E-state index in [9.17, 15) is 9.59 Å². The fourth-order valence-electron chi connectivity index (χ4n) is 3.22. The summed E-state index contributed by atoms with van der Waals surface area (Å²) in [5, 5.41) is 3.87. The van der Waals surface area contributed by atoms with Gasteiger partial charge in [0.05, 0.1) is 29.5 Å². The van der Waals surface area contributed by atoms with Crippen LogP contribution in [0.15, 0.2) is 82.7 Å². The van der Waals surface area contributed by atoms with Crippen molar-refractivity contribution in [1.82, 2.24) is 9.55 Å². The summed E-state index contributed by atoms with van der Waals surface area (Å²) in [6, 6.07) is 22.0. The van der Waals surface area contributed by atoms with E-state index in [1.165, 1.54) is 16.3 Å². The molecule has 0 spiro atoms. The Kier molecular flexibility index (Phi) is 6.04. The van der Waals surface area contributed by atoms with Crippen LogP contribution in [0, 0.1) is 6.92 Å². The summed E-state index contributed by atoms with van der Waals surface area (Å²) in [4.78, 5) is 30.5. The number of carbonyl (C=O) groups is 1. The molecular weight excluding hydrogens is 410 g/mol. The molecule has 0 aliphatic carbocycles. The number of anilines is 1. The molecule has 0 saturated heterocycles. The van der Waals surface area contributed by atoms with Crippen LogP contribution in [0.4, 0.5) is 5.69 Å². The van der Waals surface area contributed by atoms with Crippen LogP contribution in [0.25, 0.3) is 16.6 Å². The molecule has 7 heteroatoms. The van der Waals surface area contributed by atoms with Gasteiger partial charge in [0, 0.05) is 11.8 Å². The number of benzene rings is 3. The zero-order valence-electron chi connectivity index (χ0n) is 17.2. The Morgan fingerprint density at radius 1 is 1.06 bits per heavy atom. The van der Waals surface area contributed by atoms with Crippen LogP contribution in [0.1, 0.15) is 5.56 Å². The molecule has 0 atom stereocenters. The van der Waals surface area contributed by atoms with Crippen LogP contribution in [-0.2, 0) is 4.79 Å². The van der Waals surface area contributed by atoms with E-state index in [4.69, 9.17) is 4.74 Å². The molecule has 0 radical (unpaired) electrons. The second-order valence-corrected chi connectivity index (χ2v) is 7.85. The first-order valence-electron chi connectivity index (χ1n) is 9.71. The van der Waals surface area contributed by atoms with Gasteiger partial charge >= 0.3 is 0 Å². The highest BCUT2D eigenvalue weighted by molar-refractivity contribution is 7.99. The number of methoxy groups -OCH3 is 1. The Labute approximate surface area is 183 Å². The molecule has 3 aromatic carbocycles. The first-order valence-corrected chi connectivity index (χ1v) is 10.7. The minimum Gasteiger partial charge on any atom is -0.497 e. The number of hydrogen-bond donors (Lipinski definition) is 1. The van der Waals surface area contributed by atoms with E-state index in [1.807, 2.05) is 61.5 Å². The molecule has 0 aliphatic rings. The predicted octanol–water partition coefficient (Wildman–Crippen LogP) is 4.43. The number of fused-ring (bicyclic) bond motifs is 1. The fourth-order valence-corrected chi connectivity index (χ4v) is 4.03. The predicted molar refractivity (Wildman–Crippen MR) is 124 cm³/mol. The molecule has 1 N–H and O–H groups in total. The zero-order valence-corrected chi connectivity index (χ0v) is 18.0. The van der Waals surface area contributed by atoms with E-state index >= 15 is 0 Å². The van der Waals surface area contributed by atoms with Crippen molar-refractivity contribution in [3.63, 3.8) is 0 Å². The highest BCUT2D eigenvalue weighted by atomic mass is 32.2. The van der Waals surface area contributed by atoms with E-state index < -0.39 is 0 Å². The maximum Gasteiger partial charge on any atom is 0.266 e. The van der Waals surface area contributed by atoms with Crippen LogP contribution in [0.3, 0.4) is 0 Å². The van der Waals surface area contributed by atoms with Crippen molar-refractivity contribution >= 4 is 34.3 Å². The Balaban J connectivity index is 1.70. The Bertz CT molecular complexity index is 1320. The van der Waals surface area contributed by atoms with E-state index in [-0.39, 0.29) is 17.2 Å². The number of carbonyl (C=O) groups excluding carboxylic acids is 1. The van der Waals surface area contributed by atoms with Gasteiger partial charge in [-0.1, -0.05) is 48.2 Å². The lowest BCUT2D eigenvalue weighted by Crippen LogP contribution is -2.23. The summed E-state index contributed by atoms with van der Waals surface area (Å²) in [7, 11) is 1.58. The highest BCUT2D eigenvalue weighted by Crippen LogP contribution is 2.24. The van der Waals surface area contributed by atoms with Crippen molar-refractivity contribution in [1.29, 1.82) is 0 Å². The smallest absolute Gasteiger partial charge is 0.266 e. The number of thioether (sulfide) groups is 1. The van der Waals surface area contributed by atoms with Gasteiger partial charge in [0.1, 0.15) is 5.75 Å². The third-order valence-electron chi connectivity index (χ3n) is 4.81. The molecule has 4 rings (SSSR count). The van der Waals surface area contributed by atoms with Gasteiger partial charge in [0.15, 0.2) is 5.16 Å². The maximum atomic E-state index is 13.3. The first kappa shape index (κ1) is 20.7. The second-order valence-electron chi connectivity index (χ2n) is 6.91. The van der Waals surface area contributed by atoms with Crippen LogP contribution in [0.5, 0.6) is 5.75 Å². The topological polar surface area (TPSA) is 73.2 Å². The summed E-state index contributed by atoms with van der Waals surface area (Å²) in [5.41, 5.74) is 2.78. The first-order chi connectivity index (χ1) is 15.1. The molecule has 156 valence electrons. The van der Waals surface area contributed by atoms with Gasteiger partial charge in [-0.2, -0.15) is 0 Å². The van der Waals surface area contributed by atoms with E-state index in [0.717, 1.165) is 11.3 Å². The lowest BCUT2D eigenvalue weighted by atomic mass is 10.2. The van der Waals surface area contributed by atoms with Crippen molar-refractivity contribution in [2.45, 2.75) is 12.1 Å². The standard InChI is InChI=1S/C24H21N3O3S/c1-16-8-3-5-12-20(16)25-22(28)15-31-24-26-21-13-6-4-11-19(21)23(29)27(24)17-9-7-10-18(14-17)30-2/h3-14H,15H2,1-2H3,(H,25,28). The van der Waals surface area contributed by atoms with Crippen molar-refractivity contribution in [3.8, 4) is 11.4 Å².